The van der Waals surface area contributed by atoms with E-state index >= 15 is 0 Å². The number of amides is 1. The molecule has 1 amide bonds. The van der Waals surface area contributed by atoms with Crippen molar-refractivity contribution in [1.82, 2.24) is 10.2 Å². The number of carbonyl (C=O) groups excluding carboxylic acids is 1. The second-order valence-electron chi connectivity index (χ2n) is 4.53. The molecule has 0 aliphatic carbocycles. The van der Waals surface area contributed by atoms with Crippen molar-refractivity contribution < 1.29 is 9.90 Å². The first kappa shape index (κ1) is 16.5. The van der Waals surface area contributed by atoms with Crippen molar-refractivity contribution in [2.45, 2.75) is 6.42 Å². The Morgan fingerprint density at radius 3 is 2.80 bits per heavy atom. The fourth-order valence-corrected chi connectivity index (χ4v) is 1.69. The van der Waals surface area contributed by atoms with Crippen molar-refractivity contribution in [3.8, 4) is 11.8 Å². The average Bonchev–Trinajstić information content (AvgIpc) is 2.40. The molecule has 0 saturated heterocycles. The average molecular weight is 295 g/mol. The zero-order chi connectivity index (χ0) is 15.0. The maximum atomic E-state index is 11.9. The fraction of sp³-hybridized carbons (Fsp3) is 0.400. The van der Waals surface area contributed by atoms with Gasteiger partial charge in [-0.1, -0.05) is 23.4 Å². The van der Waals surface area contributed by atoms with Crippen molar-refractivity contribution in [2.75, 3.05) is 33.8 Å². The van der Waals surface area contributed by atoms with E-state index in [1.165, 1.54) is 0 Å². The number of benzene rings is 1. The van der Waals surface area contributed by atoms with Gasteiger partial charge in [0.25, 0.3) is 5.91 Å². The van der Waals surface area contributed by atoms with Crippen molar-refractivity contribution >= 4 is 17.5 Å². The van der Waals surface area contributed by atoms with E-state index in [2.05, 4.69) is 17.2 Å². The highest BCUT2D eigenvalue weighted by molar-refractivity contribution is 6.32. The lowest BCUT2D eigenvalue weighted by molar-refractivity contribution is 0.0951. The predicted octanol–water partition coefficient (Wildman–Crippen LogP) is 1.37. The number of halogens is 1. The van der Waals surface area contributed by atoms with Crippen molar-refractivity contribution in [1.29, 1.82) is 0 Å². The van der Waals surface area contributed by atoms with Gasteiger partial charge in [0.2, 0.25) is 0 Å². The molecule has 0 aliphatic rings. The molecule has 0 atom stereocenters. The summed E-state index contributed by atoms with van der Waals surface area (Å²) in [5, 5.41) is 11.9. The molecular weight excluding hydrogens is 276 g/mol. The number of hydrogen-bond donors (Lipinski definition) is 2. The minimum atomic E-state index is -0.149. The van der Waals surface area contributed by atoms with Gasteiger partial charge in [-0.15, -0.1) is 0 Å². The van der Waals surface area contributed by atoms with Gasteiger partial charge in [0.15, 0.2) is 0 Å². The van der Waals surface area contributed by atoms with Crippen molar-refractivity contribution in [3.05, 3.63) is 34.3 Å². The molecule has 2 N–H and O–H groups in total. The number of rotatable bonds is 5. The van der Waals surface area contributed by atoms with Crippen LogP contribution in [0.1, 0.15) is 22.3 Å². The molecule has 20 heavy (non-hydrogen) atoms. The standard InChI is InChI=1S/C15H19ClN2O2/c1-18(2)9-8-17-15(20)13-7-6-12(14(16)11-13)5-3-4-10-19/h6-7,11,19H,4,8-10H2,1-2H3,(H,17,20). The molecular formula is C15H19ClN2O2. The molecule has 4 nitrogen and oxygen atoms in total. The number of nitrogens with one attached hydrogen (secondary N) is 1. The smallest absolute Gasteiger partial charge is 0.251 e. The third-order valence-electron chi connectivity index (χ3n) is 2.54. The molecule has 1 aromatic rings. The highest BCUT2D eigenvalue weighted by Crippen LogP contribution is 2.17. The molecule has 0 bridgehead atoms. The molecule has 0 radical (unpaired) electrons. The Balaban J connectivity index is 2.67. The van der Waals surface area contributed by atoms with E-state index in [4.69, 9.17) is 16.7 Å². The SMILES string of the molecule is CN(C)CCNC(=O)c1ccc(C#CCCO)c(Cl)c1. The quantitative estimate of drug-likeness (QED) is 0.807. The summed E-state index contributed by atoms with van der Waals surface area (Å²) in [5.74, 6) is 5.51. The predicted molar refractivity (Wildman–Crippen MR) is 80.9 cm³/mol. The van der Waals surface area contributed by atoms with Gasteiger partial charge in [-0.3, -0.25) is 4.79 Å². The second-order valence-corrected chi connectivity index (χ2v) is 4.94. The van der Waals surface area contributed by atoms with Gasteiger partial charge in [0.05, 0.1) is 11.6 Å². The largest absolute Gasteiger partial charge is 0.395 e. The van der Waals surface area contributed by atoms with Gasteiger partial charge in [-0.05, 0) is 32.3 Å². The number of aliphatic hydroxyl groups excluding tert-OH is 1. The zero-order valence-electron chi connectivity index (χ0n) is 11.7. The van der Waals surface area contributed by atoms with Crippen LogP contribution in [0.5, 0.6) is 0 Å². The maximum absolute atomic E-state index is 11.9. The molecule has 108 valence electrons. The van der Waals surface area contributed by atoms with Gasteiger partial charge < -0.3 is 15.3 Å². The van der Waals surface area contributed by atoms with Crippen molar-refractivity contribution in [3.63, 3.8) is 0 Å². The van der Waals surface area contributed by atoms with Crippen LogP contribution in [0.2, 0.25) is 5.02 Å². The molecule has 5 heteroatoms. The van der Waals surface area contributed by atoms with Crippen LogP contribution in [0, 0.1) is 11.8 Å². The second kappa shape index (κ2) is 8.60. The third kappa shape index (κ3) is 5.62. The molecule has 0 heterocycles. The summed E-state index contributed by atoms with van der Waals surface area (Å²) in [6.45, 7) is 1.39. The summed E-state index contributed by atoms with van der Waals surface area (Å²) < 4.78 is 0. The van der Waals surface area contributed by atoms with Crippen LogP contribution < -0.4 is 5.32 Å². The van der Waals surface area contributed by atoms with Crippen LogP contribution in [-0.2, 0) is 0 Å². The Morgan fingerprint density at radius 1 is 1.45 bits per heavy atom. The molecule has 0 fully saturated rings. The van der Waals surface area contributed by atoms with Crippen molar-refractivity contribution in [2.24, 2.45) is 0 Å². The van der Waals surface area contributed by atoms with Crippen LogP contribution in [0.25, 0.3) is 0 Å². The van der Waals surface area contributed by atoms with Gasteiger partial charge >= 0.3 is 0 Å². The summed E-state index contributed by atoms with van der Waals surface area (Å²) in [6, 6.07) is 5.02. The molecule has 0 aromatic heterocycles. The number of nitrogens with zero attached hydrogens (tertiary/aromatic N) is 1. The van der Waals surface area contributed by atoms with E-state index in [1.54, 1.807) is 18.2 Å². The van der Waals surface area contributed by atoms with E-state index in [1.807, 2.05) is 19.0 Å². The Bertz CT molecular complexity index is 518. The lowest BCUT2D eigenvalue weighted by Crippen LogP contribution is -2.31. The van der Waals surface area contributed by atoms with Crippen LogP contribution in [0.4, 0.5) is 0 Å². The lowest BCUT2D eigenvalue weighted by atomic mass is 10.1. The van der Waals surface area contributed by atoms with Gasteiger partial charge in [0.1, 0.15) is 0 Å². The summed E-state index contributed by atoms with van der Waals surface area (Å²) in [4.78, 5) is 13.9. The molecule has 0 unspecified atom stereocenters. The summed E-state index contributed by atoms with van der Waals surface area (Å²) in [6.07, 6.45) is 0.406. The third-order valence-corrected chi connectivity index (χ3v) is 2.85. The molecule has 0 aliphatic heterocycles. The Kier molecular flexibility index (Phi) is 7.10. The first-order valence-corrected chi connectivity index (χ1v) is 6.74. The topological polar surface area (TPSA) is 52.6 Å². The summed E-state index contributed by atoms with van der Waals surface area (Å²) >= 11 is 6.08. The maximum Gasteiger partial charge on any atom is 0.251 e. The van der Waals surface area contributed by atoms with E-state index < -0.39 is 0 Å². The number of hydrogen-bond acceptors (Lipinski definition) is 3. The highest BCUT2D eigenvalue weighted by atomic mass is 35.5. The molecule has 1 aromatic carbocycles. The minimum absolute atomic E-state index is 0.0248. The molecule has 0 saturated carbocycles. The summed E-state index contributed by atoms with van der Waals surface area (Å²) in [7, 11) is 3.89. The Hall–Kier alpha value is -1.54. The first-order valence-electron chi connectivity index (χ1n) is 6.37. The normalized spacial score (nSPS) is 10.1. The minimum Gasteiger partial charge on any atom is -0.395 e. The number of likely N-dealkylation sites (N-methyl/N-ethyl adjacent to an activating group) is 1. The van der Waals surface area contributed by atoms with Gasteiger partial charge in [0, 0.05) is 30.6 Å². The molecule has 0 spiro atoms. The zero-order valence-corrected chi connectivity index (χ0v) is 12.5. The molecule has 1 rings (SSSR count). The van der Waals surface area contributed by atoms with E-state index in [0.29, 0.717) is 29.1 Å². The van der Waals surface area contributed by atoms with Gasteiger partial charge in [-0.25, -0.2) is 0 Å². The van der Waals surface area contributed by atoms with Crippen LogP contribution in [0.3, 0.4) is 0 Å². The monoisotopic (exact) mass is 294 g/mol. The first-order chi connectivity index (χ1) is 9.54. The lowest BCUT2D eigenvalue weighted by Gasteiger charge is -2.10. The van der Waals surface area contributed by atoms with E-state index in [0.717, 1.165) is 6.54 Å². The van der Waals surface area contributed by atoms with Crippen LogP contribution in [0.15, 0.2) is 18.2 Å². The Morgan fingerprint density at radius 2 is 2.20 bits per heavy atom. The van der Waals surface area contributed by atoms with Crippen LogP contribution in [-0.4, -0.2) is 49.7 Å². The van der Waals surface area contributed by atoms with E-state index in [-0.39, 0.29) is 12.5 Å². The summed E-state index contributed by atoms with van der Waals surface area (Å²) in [5.41, 5.74) is 1.17. The van der Waals surface area contributed by atoms with E-state index in [9.17, 15) is 4.79 Å². The van der Waals surface area contributed by atoms with Crippen LogP contribution >= 0.6 is 11.6 Å². The highest BCUT2D eigenvalue weighted by Gasteiger charge is 2.07. The number of carbonyl (C=O) groups is 1. The fourth-order valence-electron chi connectivity index (χ4n) is 1.47. The van der Waals surface area contributed by atoms with Gasteiger partial charge in [-0.2, -0.15) is 0 Å². The Labute approximate surface area is 124 Å². The number of aliphatic hydroxyl groups is 1.